The van der Waals surface area contributed by atoms with Gasteiger partial charge in [-0.15, -0.1) is 10.2 Å². The molecule has 2 aromatic heterocycles. The fourth-order valence-corrected chi connectivity index (χ4v) is 1.99. The van der Waals surface area contributed by atoms with Crippen LogP contribution in [0.3, 0.4) is 0 Å². The van der Waals surface area contributed by atoms with Crippen molar-refractivity contribution in [1.82, 2.24) is 14.6 Å². The van der Waals surface area contributed by atoms with Crippen molar-refractivity contribution in [2.24, 2.45) is 0 Å². The minimum absolute atomic E-state index is 0.703. The lowest BCUT2D eigenvalue weighted by Gasteiger charge is -2.02. The van der Waals surface area contributed by atoms with Crippen molar-refractivity contribution in [2.45, 2.75) is 13.3 Å². The topological polar surface area (TPSA) is 56.2 Å². The Labute approximate surface area is 105 Å². The molecule has 0 radical (unpaired) electrons. The average Bonchev–Trinajstić information content (AvgIpc) is 2.82. The first-order valence-corrected chi connectivity index (χ1v) is 5.97. The predicted molar refractivity (Wildman–Crippen MR) is 72.2 cm³/mol. The molecule has 0 amide bonds. The molecule has 0 fully saturated rings. The van der Waals surface area contributed by atoms with Gasteiger partial charge in [-0.25, -0.2) is 0 Å². The molecule has 0 spiro atoms. The van der Waals surface area contributed by atoms with Crippen LogP contribution in [0.1, 0.15) is 12.5 Å². The number of nitrogen functional groups attached to an aromatic ring is 1. The van der Waals surface area contributed by atoms with Gasteiger partial charge in [-0.2, -0.15) is 0 Å². The minimum Gasteiger partial charge on any atom is -0.398 e. The number of rotatable bonds is 2. The summed E-state index contributed by atoms with van der Waals surface area (Å²) in [7, 11) is 0. The Morgan fingerprint density at radius 1 is 1.06 bits per heavy atom. The van der Waals surface area contributed by atoms with E-state index in [0.717, 1.165) is 23.5 Å². The number of fused-ring (bicyclic) bond motifs is 1. The van der Waals surface area contributed by atoms with Gasteiger partial charge >= 0.3 is 0 Å². The number of benzene rings is 1. The second kappa shape index (κ2) is 4.14. The zero-order chi connectivity index (χ0) is 12.5. The summed E-state index contributed by atoms with van der Waals surface area (Å²) >= 11 is 0. The van der Waals surface area contributed by atoms with Gasteiger partial charge in [0.15, 0.2) is 11.5 Å². The van der Waals surface area contributed by atoms with Gasteiger partial charge in [-0.3, -0.25) is 4.40 Å². The molecule has 4 nitrogen and oxygen atoms in total. The predicted octanol–water partition coefficient (Wildman–Crippen LogP) is 2.54. The summed E-state index contributed by atoms with van der Waals surface area (Å²) in [5.74, 6) is 0.819. The molecule has 4 heteroatoms. The van der Waals surface area contributed by atoms with E-state index < -0.39 is 0 Å². The maximum Gasteiger partial charge on any atom is 0.168 e. The molecule has 0 bridgehead atoms. The number of pyridine rings is 1. The molecule has 18 heavy (non-hydrogen) atoms. The molecular weight excluding hydrogens is 224 g/mol. The molecule has 1 aromatic carbocycles. The third-order valence-electron chi connectivity index (χ3n) is 3.05. The van der Waals surface area contributed by atoms with Crippen LogP contribution in [0.5, 0.6) is 0 Å². The van der Waals surface area contributed by atoms with Crippen molar-refractivity contribution in [3.8, 4) is 11.4 Å². The highest BCUT2D eigenvalue weighted by molar-refractivity contribution is 5.61. The largest absolute Gasteiger partial charge is 0.398 e. The molecule has 90 valence electrons. The number of hydrogen-bond donors (Lipinski definition) is 1. The maximum absolute atomic E-state index is 5.80. The summed E-state index contributed by atoms with van der Waals surface area (Å²) in [5, 5.41) is 8.36. The fourth-order valence-electron chi connectivity index (χ4n) is 1.99. The van der Waals surface area contributed by atoms with Crippen molar-refractivity contribution < 1.29 is 0 Å². The van der Waals surface area contributed by atoms with Gasteiger partial charge in [-0.05, 0) is 24.1 Å². The zero-order valence-corrected chi connectivity index (χ0v) is 10.2. The van der Waals surface area contributed by atoms with E-state index in [1.54, 1.807) is 0 Å². The first kappa shape index (κ1) is 10.8. The Bertz CT molecular complexity index is 683. The van der Waals surface area contributed by atoms with Crippen LogP contribution in [0.15, 0.2) is 42.6 Å². The third-order valence-corrected chi connectivity index (χ3v) is 3.05. The van der Waals surface area contributed by atoms with Gasteiger partial charge < -0.3 is 5.73 Å². The first-order chi connectivity index (χ1) is 8.78. The Kier molecular flexibility index (Phi) is 2.48. The van der Waals surface area contributed by atoms with Crippen molar-refractivity contribution in [2.75, 3.05) is 5.73 Å². The highest BCUT2D eigenvalue weighted by Gasteiger charge is 2.07. The van der Waals surface area contributed by atoms with Crippen molar-refractivity contribution >= 4 is 11.3 Å². The Hall–Kier alpha value is -2.36. The van der Waals surface area contributed by atoms with Crippen LogP contribution in [0, 0.1) is 0 Å². The number of aromatic nitrogens is 3. The Balaban J connectivity index is 2.15. The summed E-state index contributed by atoms with van der Waals surface area (Å²) in [6.45, 7) is 2.14. The number of nitrogens with zero attached hydrogens (tertiary/aromatic N) is 3. The van der Waals surface area contributed by atoms with Crippen LogP contribution in [0.4, 0.5) is 5.69 Å². The first-order valence-electron chi connectivity index (χ1n) is 5.97. The lowest BCUT2D eigenvalue weighted by Crippen LogP contribution is -1.93. The maximum atomic E-state index is 5.80. The lowest BCUT2D eigenvalue weighted by atomic mass is 10.1. The van der Waals surface area contributed by atoms with E-state index in [-0.39, 0.29) is 0 Å². The van der Waals surface area contributed by atoms with Gasteiger partial charge in [-0.1, -0.05) is 31.2 Å². The van der Waals surface area contributed by atoms with Crippen molar-refractivity contribution in [3.05, 3.63) is 48.2 Å². The molecule has 0 atom stereocenters. The summed E-state index contributed by atoms with van der Waals surface area (Å²) in [6, 6.07) is 12.1. The zero-order valence-electron chi connectivity index (χ0n) is 10.2. The molecule has 0 saturated carbocycles. The smallest absolute Gasteiger partial charge is 0.168 e. The van der Waals surface area contributed by atoms with E-state index in [4.69, 9.17) is 5.73 Å². The molecule has 0 aliphatic rings. The lowest BCUT2D eigenvalue weighted by molar-refractivity contribution is 1.10. The Morgan fingerprint density at radius 3 is 2.56 bits per heavy atom. The van der Waals surface area contributed by atoms with Crippen LogP contribution in [-0.2, 0) is 6.42 Å². The van der Waals surface area contributed by atoms with Gasteiger partial charge in [0.2, 0.25) is 0 Å². The monoisotopic (exact) mass is 238 g/mol. The fraction of sp³-hybridized carbons (Fsp3) is 0.143. The van der Waals surface area contributed by atoms with Gasteiger partial charge in [0.1, 0.15) is 0 Å². The average molecular weight is 238 g/mol. The molecule has 2 heterocycles. The molecule has 0 unspecified atom stereocenters. The van der Waals surface area contributed by atoms with E-state index in [1.165, 1.54) is 5.56 Å². The van der Waals surface area contributed by atoms with E-state index in [1.807, 2.05) is 22.7 Å². The third kappa shape index (κ3) is 1.72. The van der Waals surface area contributed by atoms with E-state index in [0.29, 0.717) is 5.69 Å². The van der Waals surface area contributed by atoms with Crippen LogP contribution < -0.4 is 5.73 Å². The van der Waals surface area contributed by atoms with Crippen LogP contribution in [-0.4, -0.2) is 14.6 Å². The van der Waals surface area contributed by atoms with E-state index in [9.17, 15) is 0 Å². The SMILES string of the molecule is CCc1ccc(-c2nnc3ccc(N)cn23)cc1. The molecular formula is C14H14N4. The van der Waals surface area contributed by atoms with E-state index >= 15 is 0 Å². The summed E-state index contributed by atoms with van der Waals surface area (Å²) in [6.07, 6.45) is 2.88. The van der Waals surface area contributed by atoms with Gasteiger partial charge in [0, 0.05) is 17.4 Å². The number of aryl methyl sites for hydroxylation is 1. The highest BCUT2D eigenvalue weighted by Crippen LogP contribution is 2.20. The molecule has 3 aromatic rings. The van der Waals surface area contributed by atoms with Crippen LogP contribution in [0.25, 0.3) is 17.0 Å². The number of nitrogens with two attached hydrogens (primary N) is 1. The minimum atomic E-state index is 0.703. The quantitative estimate of drug-likeness (QED) is 0.746. The van der Waals surface area contributed by atoms with Crippen molar-refractivity contribution in [3.63, 3.8) is 0 Å². The molecule has 0 aliphatic carbocycles. The number of anilines is 1. The summed E-state index contributed by atoms with van der Waals surface area (Å²) in [5.41, 5.74) is 9.66. The van der Waals surface area contributed by atoms with E-state index in [2.05, 4.69) is 41.4 Å². The second-order valence-corrected chi connectivity index (χ2v) is 4.26. The molecule has 0 aliphatic heterocycles. The molecule has 3 rings (SSSR count). The van der Waals surface area contributed by atoms with Gasteiger partial charge in [0.25, 0.3) is 0 Å². The van der Waals surface area contributed by atoms with Crippen molar-refractivity contribution in [1.29, 1.82) is 0 Å². The van der Waals surface area contributed by atoms with Crippen LogP contribution >= 0.6 is 0 Å². The molecule has 2 N–H and O–H groups in total. The Morgan fingerprint density at radius 2 is 1.83 bits per heavy atom. The highest BCUT2D eigenvalue weighted by atomic mass is 15.2. The summed E-state index contributed by atoms with van der Waals surface area (Å²) in [4.78, 5) is 0. The summed E-state index contributed by atoms with van der Waals surface area (Å²) < 4.78 is 1.91. The van der Waals surface area contributed by atoms with Crippen LogP contribution in [0.2, 0.25) is 0 Å². The standard InChI is InChI=1S/C14H14N4/c1-2-10-3-5-11(6-4-10)14-17-16-13-8-7-12(15)9-18(13)14/h3-9H,2,15H2,1H3. The second-order valence-electron chi connectivity index (χ2n) is 4.26. The number of hydrogen-bond acceptors (Lipinski definition) is 3. The molecule has 0 saturated heterocycles. The normalized spacial score (nSPS) is 10.9. The van der Waals surface area contributed by atoms with Gasteiger partial charge in [0.05, 0.1) is 0 Å².